The van der Waals surface area contributed by atoms with Crippen LogP contribution in [0.5, 0.6) is 0 Å². The quantitative estimate of drug-likeness (QED) is 0.763. The number of ketones is 1. The van der Waals surface area contributed by atoms with E-state index in [4.69, 9.17) is 21.6 Å². The first-order valence-electron chi connectivity index (χ1n) is 9.14. The standard InChI is InChI=1S/C20H25ClN4O/c1-12(2)10-18(26)13(3)25(4)20-15-6-5-7-16(15)23-19(24-20)17-11-14(21)8-9-22-17/h8-9,11-13H,5-7,10H2,1-4H3. The van der Waals surface area contributed by atoms with Gasteiger partial charge in [0.25, 0.3) is 0 Å². The van der Waals surface area contributed by atoms with E-state index in [2.05, 4.69) is 18.8 Å². The Labute approximate surface area is 159 Å². The zero-order chi connectivity index (χ0) is 18.8. The number of hydrogen-bond acceptors (Lipinski definition) is 5. The van der Waals surface area contributed by atoms with E-state index in [0.29, 0.717) is 28.9 Å². The van der Waals surface area contributed by atoms with Crippen molar-refractivity contribution in [3.05, 3.63) is 34.6 Å². The fourth-order valence-corrected chi connectivity index (χ4v) is 3.48. The highest BCUT2D eigenvalue weighted by Gasteiger charge is 2.27. The summed E-state index contributed by atoms with van der Waals surface area (Å²) in [5, 5.41) is 0.606. The summed E-state index contributed by atoms with van der Waals surface area (Å²) in [5.41, 5.74) is 2.87. The van der Waals surface area contributed by atoms with Crippen LogP contribution in [0.2, 0.25) is 5.02 Å². The third-order valence-corrected chi connectivity index (χ3v) is 5.09. The van der Waals surface area contributed by atoms with Gasteiger partial charge in [-0.3, -0.25) is 9.78 Å². The van der Waals surface area contributed by atoms with Gasteiger partial charge in [-0.2, -0.15) is 0 Å². The SMILES string of the molecule is CC(C)CC(=O)C(C)N(C)c1nc(-c2cc(Cl)ccn2)nc2c1CCC2. The number of fused-ring (bicyclic) bond motifs is 1. The molecular formula is C20H25ClN4O. The lowest BCUT2D eigenvalue weighted by molar-refractivity contribution is -0.120. The van der Waals surface area contributed by atoms with Crippen molar-refractivity contribution in [3.63, 3.8) is 0 Å². The van der Waals surface area contributed by atoms with Gasteiger partial charge in [0.2, 0.25) is 0 Å². The molecule has 0 fully saturated rings. The highest BCUT2D eigenvalue weighted by molar-refractivity contribution is 6.30. The second-order valence-electron chi connectivity index (χ2n) is 7.36. The number of aryl methyl sites for hydroxylation is 1. The van der Waals surface area contributed by atoms with E-state index >= 15 is 0 Å². The first kappa shape index (κ1) is 18.8. The van der Waals surface area contributed by atoms with Crippen LogP contribution in [0.25, 0.3) is 11.5 Å². The number of carbonyl (C=O) groups excluding carboxylic acids is 1. The van der Waals surface area contributed by atoms with Crippen molar-refractivity contribution >= 4 is 23.2 Å². The maximum absolute atomic E-state index is 12.6. The minimum Gasteiger partial charge on any atom is -0.350 e. The van der Waals surface area contributed by atoms with Crippen LogP contribution in [0.4, 0.5) is 5.82 Å². The van der Waals surface area contributed by atoms with E-state index < -0.39 is 0 Å². The van der Waals surface area contributed by atoms with E-state index in [0.717, 1.165) is 36.3 Å². The summed E-state index contributed by atoms with van der Waals surface area (Å²) < 4.78 is 0. The predicted octanol–water partition coefficient (Wildman–Crippen LogP) is 4.12. The van der Waals surface area contributed by atoms with Gasteiger partial charge in [-0.15, -0.1) is 0 Å². The van der Waals surface area contributed by atoms with E-state index in [1.54, 1.807) is 18.3 Å². The van der Waals surface area contributed by atoms with E-state index in [1.165, 1.54) is 0 Å². The molecule has 6 heteroatoms. The molecule has 3 rings (SSSR count). The summed E-state index contributed by atoms with van der Waals surface area (Å²) in [5.74, 6) is 1.99. The summed E-state index contributed by atoms with van der Waals surface area (Å²) in [7, 11) is 1.94. The molecule has 0 amide bonds. The maximum Gasteiger partial charge on any atom is 0.180 e. The Hall–Kier alpha value is -2.01. The molecule has 0 N–H and O–H groups in total. The van der Waals surface area contributed by atoms with E-state index in [9.17, 15) is 4.79 Å². The lowest BCUT2D eigenvalue weighted by atomic mass is 10.0. The van der Waals surface area contributed by atoms with Gasteiger partial charge in [-0.1, -0.05) is 25.4 Å². The maximum atomic E-state index is 12.6. The second kappa shape index (κ2) is 7.70. The molecule has 2 aromatic heterocycles. The number of pyridine rings is 1. The number of hydrogen-bond donors (Lipinski definition) is 0. The fourth-order valence-electron chi connectivity index (χ4n) is 3.32. The van der Waals surface area contributed by atoms with Gasteiger partial charge in [-0.25, -0.2) is 9.97 Å². The smallest absolute Gasteiger partial charge is 0.180 e. The number of carbonyl (C=O) groups is 1. The first-order valence-corrected chi connectivity index (χ1v) is 9.52. The molecule has 138 valence electrons. The van der Waals surface area contributed by atoms with Crippen LogP contribution in [0.1, 0.15) is 44.9 Å². The number of halogens is 1. The second-order valence-corrected chi connectivity index (χ2v) is 7.80. The van der Waals surface area contributed by atoms with Gasteiger partial charge in [0, 0.05) is 35.9 Å². The topological polar surface area (TPSA) is 59.0 Å². The number of rotatable bonds is 6. The van der Waals surface area contributed by atoms with Gasteiger partial charge in [0.1, 0.15) is 11.5 Å². The van der Waals surface area contributed by atoms with E-state index in [1.807, 2.05) is 18.9 Å². The van der Waals surface area contributed by atoms with Crippen LogP contribution in [0, 0.1) is 5.92 Å². The van der Waals surface area contributed by atoms with Gasteiger partial charge < -0.3 is 4.90 Å². The van der Waals surface area contributed by atoms with Crippen LogP contribution in [0.3, 0.4) is 0 Å². The normalized spacial score (nSPS) is 14.4. The van der Waals surface area contributed by atoms with Crippen molar-refractivity contribution in [2.45, 2.75) is 52.5 Å². The van der Waals surface area contributed by atoms with Crippen LogP contribution in [-0.4, -0.2) is 33.8 Å². The Bertz CT molecular complexity index is 821. The molecule has 0 radical (unpaired) electrons. The summed E-state index contributed by atoms with van der Waals surface area (Å²) in [6.07, 6.45) is 5.17. The molecule has 5 nitrogen and oxygen atoms in total. The number of Topliss-reactive ketones (excluding diaryl/α,β-unsaturated/α-hetero) is 1. The number of nitrogens with zero attached hydrogens (tertiary/aromatic N) is 4. The molecule has 1 unspecified atom stereocenters. The minimum atomic E-state index is -0.225. The highest BCUT2D eigenvalue weighted by atomic mass is 35.5. The Balaban J connectivity index is 1.99. The summed E-state index contributed by atoms with van der Waals surface area (Å²) in [6.45, 7) is 6.08. The largest absolute Gasteiger partial charge is 0.350 e. The number of anilines is 1. The summed E-state index contributed by atoms with van der Waals surface area (Å²) >= 11 is 6.10. The molecule has 1 atom stereocenters. The van der Waals surface area contributed by atoms with Crippen LogP contribution < -0.4 is 4.90 Å². The Morgan fingerprint density at radius 2 is 2.04 bits per heavy atom. The van der Waals surface area contributed by atoms with Crippen molar-refractivity contribution in [1.82, 2.24) is 15.0 Å². The average molecular weight is 373 g/mol. The van der Waals surface area contributed by atoms with Gasteiger partial charge in [-0.05, 0) is 44.2 Å². The predicted molar refractivity (Wildman–Crippen MR) is 105 cm³/mol. The minimum absolute atomic E-state index is 0.225. The van der Waals surface area contributed by atoms with Gasteiger partial charge in [0.15, 0.2) is 11.6 Å². The molecule has 2 heterocycles. The summed E-state index contributed by atoms with van der Waals surface area (Å²) in [6, 6.07) is 3.28. The summed E-state index contributed by atoms with van der Waals surface area (Å²) in [4.78, 5) is 28.4. The highest BCUT2D eigenvalue weighted by Crippen LogP contribution is 2.32. The average Bonchev–Trinajstić information content (AvgIpc) is 3.07. The monoisotopic (exact) mass is 372 g/mol. The number of likely N-dealkylation sites (N-methyl/N-ethyl adjacent to an activating group) is 1. The molecule has 1 aliphatic rings. The molecule has 0 saturated carbocycles. The van der Waals surface area contributed by atoms with Gasteiger partial charge >= 0.3 is 0 Å². The Kier molecular flexibility index (Phi) is 5.56. The molecule has 0 spiro atoms. The fraction of sp³-hybridized carbons (Fsp3) is 0.500. The lowest BCUT2D eigenvalue weighted by Gasteiger charge is -2.27. The molecule has 0 aliphatic heterocycles. The molecule has 26 heavy (non-hydrogen) atoms. The molecular weight excluding hydrogens is 348 g/mol. The van der Waals surface area contributed by atoms with Crippen LogP contribution in [-0.2, 0) is 17.6 Å². The van der Waals surface area contributed by atoms with Crippen LogP contribution >= 0.6 is 11.6 Å². The van der Waals surface area contributed by atoms with Crippen LogP contribution in [0.15, 0.2) is 18.3 Å². The Morgan fingerprint density at radius 1 is 1.27 bits per heavy atom. The zero-order valence-corrected chi connectivity index (χ0v) is 16.5. The zero-order valence-electron chi connectivity index (χ0n) is 15.8. The Morgan fingerprint density at radius 3 is 2.73 bits per heavy atom. The third-order valence-electron chi connectivity index (χ3n) is 4.85. The van der Waals surface area contributed by atoms with Crippen molar-refractivity contribution in [2.24, 2.45) is 5.92 Å². The third kappa shape index (κ3) is 3.88. The van der Waals surface area contributed by atoms with Crippen molar-refractivity contribution in [3.8, 4) is 11.5 Å². The van der Waals surface area contributed by atoms with Crippen molar-refractivity contribution in [2.75, 3.05) is 11.9 Å². The molecule has 2 aromatic rings. The van der Waals surface area contributed by atoms with Crippen molar-refractivity contribution in [1.29, 1.82) is 0 Å². The molecule has 0 bridgehead atoms. The van der Waals surface area contributed by atoms with Gasteiger partial charge in [0.05, 0.1) is 6.04 Å². The van der Waals surface area contributed by atoms with Crippen molar-refractivity contribution < 1.29 is 4.79 Å². The molecule has 0 saturated heterocycles. The first-order chi connectivity index (χ1) is 12.4. The molecule has 1 aliphatic carbocycles. The van der Waals surface area contributed by atoms with E-state index in [-0.39, 0.29) is 11.8 Å². The molecule has 0 aromatic carbocycles. The number of aromatic nitrogens is 3. The lowest BCUT2D eigenvalue weighted by Crippen LogP contribution is -2.37.